The molecule has 25 heavy (non-hydrogen) atoms. The van der Waals surface area contributed by atoms with Gasteiger partial charge < -0.3 is 8.85 Å². The first-order valence-corrected chi connectivity index (χ1v) is 17.3. The van der Waals surface area contributed by atoms with Gasteiger partial charge in [-0.2, -0.15) is 0 Å². The van der Waals surface area contributed by atoms with Crippen molar-refractivity contribution >= 4 is 16.6 Å². The van der Waals surface area contributed by atoms with Crippen LogP contribution < -0.4 is 0 Å². The van der Waals surface area contributed by atoms with Crippen LogP contribution in [0.3, 0.4) is 0 Å². The molecule has 146 valence electrons. The van der Waals surface area contributed by atoms with Crippen molar-refractivity contribution in [2.45, 2.75) is 105 Å². The Kier molecular flexibility index (Phi) is 4.57. The quantitative estimate of drug-likeness (QED) is 0.531. The Morgan fingerprint density at radius 2 is 1.24 bits per heavy atom. The fourth-order valence-corrected chi connectivity index (χ4v) is 8.98. The van der Waals surface area contributed by atoms with Crippen LogP contribution in [-0.2, 0) is 8.85 Å². The van der Waals surface area contributed by atoms with Gasteiger partial charge in [-0.05, 0) is 93.0 Å². The summed E-state index contributed by atoms with van der Waals surface area (Å²) in [7, 11) is -3.04. The maximum atomic E-state index is 6.80. The lowest BCUT2D eigenvalue weighted by atomic mass is 9.66. The Morgan fingerprint density at radius 3 is 1.76 bits per heavy atom. The summed E-state index contributed by atoms with van der Waals surface area (Å²) in [5, 5.41) is 0. The third-order valence-electron chi connectivity index (χ3n) is 7.42. The van der Waals surface area contributed by atoms with E-state index in [1.165, 1.54) is 25.7 Å². The number of rotatable bonds is 4. The van der Waals surface area contributed by atoms with Crippen molar-refractivity contribution < 1.29 is 8.85 Å². The van der Waals surface area contributed by atoms with Gasteiger partial charge in [0.05, 0.1) is 12.2 Å². The molecule has 6 atom stereocenters. The van der Waals surface area contributed by atoms with Crippen molar-refractivity contribution in [1.29, 1.82) is 0 Å². The SMILES string of the molecule is CC1(C)C[C@H](O[Si](C)(C)C)[C@@]2(C)CC[C@H](O[Si](C)(C)C)[C@]3(C)C[C@@H]3[C@@H]12. The predicted molar refractivity (Wildman–Crippen MR) is 112 cm³/mol. The van der Waals surface area contributed by atoms with Crippen molar-refractivity contribution in [3.63, 3.8) is 0 Å². The van der Waals surface area contributed by atoms with Crippen molar-refractivity contribution in [2.75, 3.05) is 0 Å². The summed E-state index contributed by atoms with van der Waals surface area (Å²) in [4.78, 5) is 0. The largest absolute Gasteiger partial charge is 0.414 e. The minimum Gasteiger partial charge on any atom is -0.414 e. The van der Waals surface area contributed by atoms with Gasteiger partial charge in [-0.1, -0.05) is 27.7 Å². The summed E-state index contributed by atoms with van der Waals surface area (Å²) in [5.74, 6) is 1.60. The molecule has 0 heterocycles. The second kappa shape index (κ2) is 5.68. The van der Waals surface area contributed by atoms with E-state index in [0.717, 1.165) is 11.8 Å². The topological polar surface area (TPSA) is 18.5 Å². The first kappa shape index (κ1) is 20.1. The lowest BCUT2D eigenvalue weighted by molar-refractivity contribution is 0.0302. The zero-order valence-electron chi connectivity index (χ0n) is 18.5. The average Bonchev–Trinajstić information content (AvgIpc) is 2.97. The van der Waals surface area contributed by atoms with Crippen LogP contribution >= 0.6 is 0 Å². The predicted octanol–water partition coefficient (Wildman–Crippen LogP) is 6.30. The highest BCUT2D eigenvalue weighted by Gasteiger charge is 2.70. The third-order valence-corrected chi connectivity index (χ3v) is 9.40. The Hall–Kier alpha value is 0.354. The highest BCUT2D eigenvalue weighted by Crippen LogP contribution is 2.74. The molecule has 0 spiro atoms. The minimum atomic E-state index is -1.53. The van der Waals surface area contributed by atoms with E-state index in [1.807, 2.05) is 0 Å². The van der Waals surface area contributed by atoms with E-state index in [0.29, 0.717) is 28.5 Å². The van der Waals surface area contributed by atoms with Crippen LogP contribution in [0.5, 0.6) is 0 Å². The summed E-state index contributed by atoms with van der Waals surface area (Å²) < 4.78 is 13.5. The first-order chi connectivity index (χ1) is 11.1. The molecule has 4 heteroatoms. The van der Waals surface area contributed by atoms with E-state index in [2.05, 4.69) is 67.0 Å². The van der Waals surface area contributed by atoms with Crippen LogP contribution in [0, 0.1) is 28.1 Å². The molecule has 0 aromatic carbocycles. The van der Waals surface area contributed by atoms with E-state index in [-0.39, 0.29) is 0 Å². The molecule has 3 fully saturated rings. The number of hydrogen-bond donors (Lipinski definition) is 0. The molecule has 0 radical (unpaired) electrons. The van der Waals surface area contributed by atoms with Crippen LogP contribution in [0.1, 0.15) is 53.4 Å². The normalized spacial score (nSPS) is 46.3. The van der Waals surface area contributed by atoms with Crippen LogP contribution in [0.4, 0.5) is 0 Å². The second-order valence-electron chi connectivity index (χ2n) is 12.5. The van der Waals surface area contributed by atoms with Crippen molar-refractivity contribution in [1.82, 2.24) is 0 Å². The maximum Gasteiger partial charge on any atom is 0.184 e. The van der Waals surface area contributed by atoms with Gasteiger partial charge in [0.2, 0.25) is 0 Å². The zero-order chi connectivity index (χ0) is 19.1. The van der Waals surface area contributed by atoms with Gasteiger partial charge in [-0.25, -0.2) is 0 Å². The molecule has 3 aliphatic rings. The third kappa shape index (κ3) is 3.57. The summed E-state index contributed by atoms with van der Waals surface area (Å²) >= 11 is 0. The molecule has 3 aliphatic carbocycles. The molecule has 0 saturated heterocycles. The lowest BCUT2D eigenvalue weighted by Crippen LogP contribution is -2.42. The molecule has 0 N–H and O–H groups in total. The van der Waals surface area contributed by atoms with Crippen molar-refractivity contribution in [2.24, 2.45) is 28.1 Å². The van der Waals surface area contributed by atoms with E-state index in [1.54, 1.807) is 0 Å². The smallest absolute Gasteiger partial charge is 0.184 e. The lowest BCUT2D eigenvalue weighted by Gasteiger charge is -2.41. The molecule has 3 saturated carbocycles. The number of fused-ring (bicyclic) bond motifs is 3. The monoisotopic (exact) mass is 382 g/mol. The number of hydrogen-bond acceptors (Lipinski definition) is 2. The van der Waals surface area contributed by atoms with Crippen molar-refractivity contribution in [3.05, 3.63) is 0 Å². The summed E-state index contributed by atoms with van der Waals surface area (Å²) in [5.41, 5.74) is 1.12. The van der Waals surface area contributed by atoms with Crippen molar-refractivity contribution in [3.8, 4) is 0 Å². The first-order valence-electron chi connectivity index (χ1n) is 10.4. The van der Waals surface area contributed by atoms with Crippen LogP contribution in [0.25, 0.3) is 0 Å². The van der Waals surface area contributed by atoms with Gasteiger partial charge in [0, 0.05) is 0 Å². The van der Waals surface area contributed by atoms with E-state index >= 15 is 0 Å². The Balaban J connectivity index is 1.92. The van der Waals surface area contributed by atoms with Gasteiger partial charge in [0.25, 0.3) is 0 Å². The van der Waals surface area contributed by atoms with E-state index in [9.17, 15) is 0 Å². The van der Waals surface area contributed by atoms with Crippen LogP contribution in [0.2, 0.25) is 39.3 Å². The molecule has 0 aromatic rings. The Bertz CT molecular complexity index is 533. The Labute approximate surface area is 158 Å². The molecule has 0 bridgehead atoms. The van der Waals surface area contributed by atoms with Gasteiger partial charge in [-0.15, -0.1) is 0 Å². The van der Waals surface area contributed by atoms with Gasteiger partial charge in [-0.3, -0.25) is 0 Å². The molecular formula is C21H42O2Si2. The standard InChI is InChI=1S/C21H42O2Si2/c1-19(2)14-17(23-25(8,9)10)20(3)12-11-16(22-24(5,6)7)21(4)13-15(21)18(19)20/h15-18H,11-14H2,1-10H3/t15-,16+,17+,18+,20-,21-/m1/s1. The van der Waals surface area contributed by atoms with Crippen LogP contribution in [0.15, 0.2) is 0 Å². The molecule has 0 aromatic heterocycles. The van der Waals surface area contributed by atoms with Crippen LogP contribution in [-0.4, -0.2) is 28.8 Å². The highest BCUT2D eigenvalue weighted by molar-refractivity contribution is 6.70. The summed E-state index contributed by atoms with van der Waals surface area (Å²) in [6, 6.07) is 0. The molecular weight excluding hydrogens is 340 g/mol. The van der Waals surface area contributed by atoms with Gasteiger partial charge >= 0.3 is 0 Å². The second-order valence-corrected chi connectivity index (χ2v) is 21.4. The zero-order valence-corrected chi connectivity index (χ0v) is 20.5. The maximum absolute atomic E-state index is 6.80. The molecule has 2 nitrogen and oxygen atoms in total. The van der Waals surface area contributed by atoms with Gasteiger partial charge in [0.15, 0.2) is 16.6 Å². The Morgan fingerprint density at radius 1 is 0.720 bits per heavy atom. The molecule has 0 unspecified atom stereocenters. The summed E-state index contributed by atoms with van der Waals surface area (Å²) in [6.07, 6.45) is 6.02. The minimum absolute atomic E-state index is 0.323. The molecule has 0 aliphatic heterocycles. The molecule has 3 rings (SSSR count). The summed E-state index contributed by atoms with van der Waals surface area (Å²) in [6.45, 7) is 24.2. The fraction of sp³-hybridized carbons (Fsp3) is 1.00. The highest BCUT2D eigenvalue weighted by atomic mass is 28.4. The molecule has 0 amide bonds. The van der Waals surface area contributed by atoms with E-state index in [4.69, 9.17) is 8.85 Å². The average molecular weight is 383 g/mol. The fourth-order valence-electron chi connectivity index (χ4n) is 6.53. The van der Waals surface area contributed by atoms with Gasteiger partial charge in [0.1, 0.15) is 0 Å². The van der Waals surface area contributed by atoms with E-state index < -0.39 is 16.6 Å².